The van der Waals surface area contributed by atoms with Crippen molar-refractivity contribution in [2.24, 2.45) is 5.73 Å². The molecule has 0 fully saturated rings. The Bertz CT molecular complexity index is 605. The monoisotopic (exact) mass is 253 g/mol. The summed E-state index contributed by atoms with van der Waals surface area (Å²) in [7, 11) is 0. The van der Waals surface area contributed by atoms with E-state index in [0.717, 1.165) is 17.2 Å². The van der Waals surface area contributed by atoms with Gasteiger partial charge < -0.3 is 5.73 Å². The summed E-state index contributed by atoms with van der Waals surface area (Å²) in [5.74, 6) is 0.788. The number of rotatable bonds is 2. The first kappa shape index (κ1) is 12.3. The van der Waals surface area contributed by atoms with Crippen molar-refractivity contribution in [2.75, 3.05) is 0 Å². The highest BCUT2D eigenvalue weighted by Crippen LogP contribution is 2.26. The molecule has 0 amide bonds. The zero-order chi connectivity index (χ0) is 13.2. The van der Waals surface area contributed by atoms with Crippen molar-refractivity contribution in [2.45, 2.75) is 39.2 Å². The maximum atomic E-state index is 5.69. The lowest BCUT2D eigenvalue weighted by atomic mass is 9.90. The van der Waals surface area contributed by atoms with Crippen LogP contribution in [-0.2, 0) is 19.4 Å². The molecule has 0 saturated carbocycles. The molecule has 2 aromatic rings. The molecule has 98 valence electrons. The molecule has 1 aromatic heterocycles. The molecule has 1 aromatic carbocycles. The Morgan fingerprint density at radius 3 is 2.63 bits per heavy atom. The van der Waals surface area contributed by atoms with Crippen LogP contribution in [0.1, 0.15) is 35.5 Å². The minimum absolute atomic E-state index is 0.460. The third-order valence-corrected chi connectivity index (χ3v) is 3.74. The van der Waals surface area contributed by atoms with Crippen molar-refractivity contribution in [1.82, 2.24) is 9.97 Å². The van der Waals surface area contributed by atoms with Crippen LogP contribution < -0.4 is 5.73 Å². The first-order valence-corrected chi connectivity index (χ1v) is 6.93. The summed E-state index contributed by atoms with van der Waals surface area (Å²) in [4.78, 5) is 8.86. The van der Waals surface area contributed by atoms with Crippen molar-refractivity contribution in [3.05, 3.63) is 46.9 Å². The molecule has 0 unspecified atom stereocenters. The summed E-state index contributed by atoms with van der Waals surface area (Å²) in [6.45, 7) is 2.38. The van der Waals surface area contributed by atoms with Gasteiger partial charge in [-0.15, -0.1) is 0 Å². The van der Waals surface area contributed by atoms with Crippen LogP contribution in [-0.4, -0.2) is 9.97 Å². The second-order valence-corrected chi connectivity index (χ2v) is 5.19. The molecular formula is C16H19N3. The van der Waals surface area contributed by atoms with Crippen molar-refractivity contribution in [1.29, 1.82) is 0 Å². The van der Waals surface area contributed by atoms with E-state index in [0.29, 0.717) is 6.54 Å². The molecule has 2 N–H and O–H groups in total. The van der Waals surface area contributed by atoms with Gasteiger partial charge in [-0.05, 0) is 55.9 Å². The van der Waals surface area contributed by atoms with E-state index in [1.54, 1.807) is 0 Å². The first-order chi connectivity index (χ1) is 9.26. The van der Waals surface area contributed by atoms with Gasteiger partial charge in [-0.25, -0.2) is 9.97 Å². The standard InChI is InChI=1S/C16H19N3/c1-11-18-15(10-17)9-16(19-11)14-7-6-12-4-2-3-5-13(12)8-14/h6-9H,2-5,10,17H2,1H3. The summed E-state index contributed by atoms with van der Waals surface area (Å²) in [6, 6.07) is 8.71. The molecular weight excluding hydrogens is 234 g/mol. The fourth-order valence-corrected chi connectivity index (χ4v) is 2.77. The Kier molecular flexibility index (Phi) is 3.30. The van der Waals surface area contributed by atoms with Gasteiger partial charge in [0.15, 0.2) is 0 Å². The van der Waals surface area contributed by atoms with Crippen LogP contribution in [0.2, 0.25) is 0 Å². The number of aromatic nitrogens is 2. The zero-order valence-corrected chi connectivity index (χ0v) is 11.3. The van der Waals surface area contributed by atoms with Crippen molar-refractivity contribution in [3.63, 3.8) is 0 Å². The van der Waals surface area contributed by atoms with Gasteiger partial charge in [0.1, 0.15) is 5.82 Å². The zero-order valence-electron chi connectivity index (χ0n) is 11.3. The minimum atomic E-state index is 0.460. The van der Waals surface area contributed by atoms with E-state index >= 15 is 0 Å². The van der Waals surface area contributed by atoms with Gasteiger partial charge >= 0.3 is 0 Å². The smallest absolute Gasteiger partial charge is 0.126 e. The molecule has 3 heteroatoms. The highest BCUT2D eigenvalue weighted by Gasteiger charge is 2.11. The molecule has 1 heterocycles. The van der Waals surface area contributed by atoms with Gasteiger partial charge in [-0.2, -0.15) is 0 Å². The summed E-state index contributed by atoms with van der Waals surface area (Å²) < 4.78 is 0. The molecule has 0 aliphatic heterocycles. The predicted octanol–water partition coefficient (Wildman–Crippen LogP) is 2.79. The largest absolute Gasteiger partial charge is 0.325 e. The molecule has 19 heavy (non-hydrogen) atoms. The number of nitrogens with zero attached hydrogens (tertiary/aromatic N) is 2. The van der Waals surface area contributed by atoms with E-state index in [1.807, 2.05) is 13.0 Å². The molecule has 1 aliphatic rings. The van der Waals surface area contributed by atoms with Crippen LogP contribution in [0.15, 0.2) is 24.3 Å². The maximum Gasteiger partial charge on any atom is 0.126 e. The van der Waals surface area contributed by atoms with E-state index in [1.165, 1.54) is 42.4 Å². The maximum absolute atomic E-state index is 5.69. The van der Waals surface area contributed by atoms with Crippen LogP contribution in [0.4, 0.5) is 0 Å². The Balaban J connectivity index is 2.04. The van der Waals surface area contributed by atoms with Crippen molar-refractivity contribution >= 4 is 0 Å². The molecule has 0 radical (unpaired) electrons. The summed E-state index contributed by atoms with van der Waals surface area (Å²) in [6.07, 6.45) is 5.02. The number of benzene rings is 1. The van der Waals surface area contributed by atoms with Gasteiger partial charge in [0, 0.05) is 12.1 Å². The minimum Gasteiger partial charge on any atom is -0.325 e. The van der Waals surface area contributed by atoms with Crippen molar-refractivity contribution in [3.8, 4) is 11.3 Å². The highest BCUT2D eigenvalue weighted by molar-refractivity contribution is 5.61. The number of aryl methyl sites for hydroxylation is 3. The van der Waals surface area contributed by atoms with E-state index < -0.39 is 0 Å². The van der Waals surface area contributed by atoms with E-state index in [4.69, 9.17) is 5.73 Å². The van der Waals surface area contributed by atoms with Gasteiger partial charge in [0.25, 0.3) is 0 Å². The molecule has 0 atom stereocenters. The Morgan fingerprint density at radius 2 is 1.84 bits per heavy atom. The average molecular weight is 253 g/mol. The fourth-order valence-electron chi connectivity index (χ4n) is 2.77. The van der Waals surface area contributed by atoms with Gasteiger partial charge in [0.2, 0.25) is 0 Å². The highest BCUT2D eigenvalue weighted by atomic mass is 14.9. The van der Waals surface area contributed by atoms with Crippen LogP contribution in [0.5, 0.6) is 0 Å². The summed E-state index contributed by atoms with van der Waals surface area (Å²) in [5, 5.41) is 0. The SMILES string of the molecule is Cc1nc(CN)cc(-c2ccc3c(c2)CCCC3)n1. The molecule has 3 nitrogen and oxygen atoms in total. The lowest BCUT2D eigenvalue weighted by Gasteiger charge is -2.16. The van der Waals surface area contributed by atoms with Crippen molar-refractivity contribution < 1.29 is 0 Å². The lowest BCUT2D eigenvalue weighted by molar-refractivity contribution is 0.686. The Hall–Kier alpha value is -1.74. The van der Waals surface area contributed by atoms with Gasteiger partial charge in [0.05, 0.1) is 11.4 Å². The Labute approximate surface area is 113 Å². The molecule has 0 saturated heterocycles. The average Bonchev–Trinajstić information content (AvgIpc) is 2.46. The summed E-state index contributed by atoms with van der Waals surface area (Å²) in [5.41, 5.74) is 11.7. The predicted molar refractivity (Wildman–Crippen MR) is 76.7 cm³/mol. The van der Waals surface area contributed by atoms with Gasteiger partial charge in [-0.1, -0.05) is 12.1 Å². The molecule has 0 bridgehead atoms. The number of nitrogens with two attached hydrogens (primary N) is 1. The van der Waals surface area contributed by atoms with Crippen LogP contribution in [0, 0.1) is 6.92 Å². The fraction of sp³-hybridized carbons (Fsp3) is 0.375. The number of fused-ring (bicyclic) bond motifs is 1. The molecule has 1 aliphatic carbocycles. The quantitative estimate of drug-likeness (QED) is 0.895. The summed E-state index contributed by atoms with van der Waals surface area (Å²) >= 11 is 0. The van der Waals surface area contributed by atoms with E-state index in [2.05, 4.69) is 28.2 Å². The topological polar surface area (TPSA) is 51.8 Å². The Morgan fingerprint density at radius 1 is 1.05 bits per heavy atom. The second kappa shape index (κ2) is 5.10. The lowest BCUT2D eigenvalue weighted by Crippen LogP contribution is -2.05. The van der Waals surface area contributed by atoms with Crippen LogP contribution in [0.3, 0.4) is 0 Å². The molecule has 3 rings (SSSR count). The number of hydrogen-bond acceptors (Lipinski definition) is 3. The van der Waals surface area contributed by atoms with E-state index in [9.17, 15) is 0 Å². The third-order valence-electron chi connectivity index (χ3n) is 3.74. The van der Waals surface area contributed by atoms with Gasteiger partial charge in [-0.3, -0.25) is 0 Å². The number of hydrogen-bond donors (Lipinski definition) is 1. The van der Waals surface area contributed by atoms with Crippen LogP contribution in [0.25, 0.3) is 11.3 Å². The molecule has 0 spiro atoms. The normalized spacial score (nSPS) is 14.2. The van der Waals surface area contributed by atoms with E-state index in [-0.39, 0.29) is 0 Å². The third kappa shape index (κ3) is 2.51. The first-order valence-electron chi connectivity index (χ1n) is 6.93. The van der Waals surface area contributed by atoms with Crippen LogP contribution >= 0.6 is 0 Å². The second-order valence-electron chi connectivity index (χ2n) is 5.19.